The number of esters is 1. The highest BCUT2D eigenvalue weighted by Gasteiger charge is 2.38. The zero-order chi connectivity index (χ0) is 18.5. The van der Waals surface area contributed by atoms with Gasteiger partial charge in [-0.25, -0.2) is 9.69 Å². The highest BCUT2D eigenvalue weighted by Crippen LogP contribution is 2.38. The molecule has 2 fully saturated rings. The van der Waals surface area contributed by atoms with E-state index in [0.29, 0.717) is 37.0 Å². The Labute approximate surface area is 158 Å². The third kappa shape index (κ3) is 4.16. The molecule has 2 amide bonds. The molecule has 1 saturated heterocycles. The fraction of sp³-hybridized carbons (Fsp3) is 0.778. The van der Waals surface area contributed by atoms with Crippen molar-refractivity contribution >= 4 is 28.5 Å². The Balaban J connectivity index is 1.81. The van der Waals surface area contributed by atoms with E-state index in [-0.39, 0.29) is 12.0 Å². The zero-order valence-corrected chi connectivity index (χ0v) is 16.5. The third-order valence-corrected chi connectivity index (χ3v) is 6.05. The maximum Gasteiger partial charge on any atom is 0.329 e. The molecule has 144 valence electrons. The van der Waals surface area contributed by atoms with Gasteiger partial charge in [0.1, 0.15) is 5.01 Å². The molecule has 7 nitrogen and oxygen atoms in total. The molecular formula is C18H28N4O3S. The second-order valence-corrected chi connectivity index (χ2v) is 8.01. The van der Waals surface area contributed by atoms with E-state index >= 15 is 0 Å². The molecule has 0 bridgehead atoms. The van der Waals surface area contributed by atoms with Crippen molar-refractivity contribution in [2.24, 2.45) is 0 Å². The lowest BCUT2D eigenvalue weighted by Crippen LogP contribution is -2.56. The van der Waals surface area contributed by atoms with E-state index in [1.165, 1.54) is 24.2 Å². The van der Waals surface area contributed by atoms with Crippen LogP contribution in [0, 0.1) is 0 Å². The standard InChI is InChI=1S/C18H28N4O3S/c1-3-7-15(23)25-14-10-12-21(11-4-2)18(24)22(14)17-20-19-16(26-17)13-8-5-6-9-13/h13-14H,3-12H2,1-2H3. The second-order valence-electron chi connectivity index (χ2n) is 7.03. The molecule has 1 unspecified atom stereocenters. The fourth-order valence-electron chi connectivity index (χ4n) is 3.64. The molecule has 2 heterocycles. The number of hydrogen-bond donors (Lipinski definition) is 0. The topological polar surface area (TPSA) is 75.6 Å². The van der Waals surface area contributed by atoms with E-state index in [9.17, 15) is 9.59 Å². The van der Waals surface area contributed by atoms with Crippen molar-refractivity contribution in [2.45, 2.75) is 77.4 Å². The van der Waals surface area contributed by atoms with Gasteiger partial charge in [0.2, 0.25) is 5.13 Å². The van der Waals surface area contributed by atoms with Gasteiger partial charge >= 0.3 is 12.0 Å². The summed E-state index contributed by atoms with van der Waals surface area (Å²) in [7, 11) is 0. The summed E-state index contributed by atoms with van der Waals surface area (Å²) in [5.41, 5.74) is 0. The first-order valence-electron chi connectivity index (χ1n) is 9.75. The van der Waals surface area contributed by atoms with Crippen molar-refractivity contribution < 1.29 is 14.3 Å². The SMILES string of the molecule is CCCC(=O)OC1CCN(CCC)C(=O)N1c1nnc(C2CCCC2)s1. The fourth-order valence-corrected chi connectivity index (χ4v) is 4.68. The van der Waals surface area contributed by atoms with Crippen LogP contribution in [0.1, 0.15) is 76.1 Å². The van der Waals surface area contributed by atoms with E-state index in [4.69, 9.17) is 4.74 Å². The number of aromatic nitrogens is 2. The normalized spacial score (nSPS) is 21.5. The van der Waals surface area contributed by atoms with Gasteiger partial charge in [0.25, 0.3) is 0 Å². The molecule has 2 aliphatic rings. The maximum absolute atomic E-state index is 13.0. The predicted molar refractivity (Wildman–Crippen MR) is 100 cm³/mol. The summed E-state index contributed by atoms with van der Waals surface area (Å²) in [5.74, 6) is 0.189. The van der Waals surface area contributed by atoms with E-state index < -0.39 is 6.23 Å². The molecule has 1 aromatic rings. The Bertz CT molecular complexity index is 630. The predicted octanol–water partition coefficient (Wildman–Crippen LogP) is 3.91. The van der Waals surface area contributed by atoms with E-state index in [0.717, 1.165) is 30.7 Å². The number of amides is 2. The van der Waals surface area contributed by atoms with Crippen molar-refractivity contribution in [2.75, 3.05) is 18.0 Å². The van der Waals surface area contributed by atoms with Crippen LogP contribution in [0.3, 0.4) is 0 Å². The van der Waals surface area contributed by atoms with Crippen molar-refractivity contribution in [3.8, 4) is 0 Å². The van der Waals surface area contributed by atoms with Crippen LogP contribution in [0.25, 0.3) is 0 Å². The van der Waals surface area contributed by atoms with E-state index in [1.54, 1.807) is 9.80 Å². The molecule has 1 saturated carbocycles. The van der Waals surface area contributed by atoms with Gasteiger partial charge in [0, 0.05) is 31.8 Å². The quantitative estimate of drug-likeness (QED) is 0.671. The van der Waals surface area contributed by atoms with Crippen LogP contribution in [0.2, 0.25) is 0 Å². The average molecular weight is 381 g/mol. The molecule has 8 heteroatoms. The van der Waals surface area contributed by atoms with Crippen LogP contribution in [0.4, 0.5) is 9.93 Å². The molecular weight excluding hydrogens is 352 g/mol. The number of ether oxygens (including phenoxy) is 1. The number of urea groups is 1. The summed E-state index contributed by atoms with van der Waals surface area (Å²) >= 11 is 1.47. The molecule has 1 aromatic heterocycles. The number of anilines is 1. The monoisotopic (exact) mass is 380 g/mol. The average Bonchev–Trinajstić information content (AvgIpc) is 3.29. The molecule has 0 aromatic carbocycles. The van der Waals surface area contributed by atoms with Crippen molar-refractivity contribution in [1.82, 2.24) is 15.1 Å². The largest absolute Gasteiger partial charge is 0.441 e. The van der Waals surface area contributed by atoms with Gasteiger partial charge in [-0.05, 0) is 25.7 Å². The molecule has 1 aliphatic heterocycles. The number of nitrogens with zero attached hydrogens (tertiary/aromatic N) is 4. The smallest absolute Gasteiger partial charge is 0.329 e. The molecule has 0 spiro atoms. The Morgan fingerprint density at radius 1 is 1.19 bits per heavy atom. The van der Waals surface area contributed by atoms with Gasteiger partial charge in [-0.1, -0.05) is 38.0 Å². The summed E-state index contributed by atoms with van der Waals surface area (Å²) in [6.07, 6.45) is 6.72. The molecule has 1 aliphatic carbocycles. The van der Waals surface area contributed by atoms with Crippen LogP contribution < -0.4 is 4.90 Å². The van der Waals surface area contributed by atoms with Crippen molar-refractivity contribution in [3.63, 3.8) is 0 Å². The van der Waals surface area contributed by atoms with Gasteiger partial charge in [-0.2, -0.15) is 0 Å². The van der Waals surface area contributed by atoms with Gasteiger partial charge < -0.3 is 9.64 Å². The van der Waals surface area contributed by atoms with Crippen LogP contribution in [-0.4, -0.2) is 46.4 Å². The number of carbonyl (C=O) groups is 2. The minimum Gasteiger partial charge on any atom is -0.441 e. The minimum absolute atomic E-state index is 0.137. The number of carbonyl (C=O) groups excluding carboxylic acids is 2. The highest BCUT2D eigenvalue weighted by molar-refractivity contribution is 7.15. The summed E-state index contributed by atoms with van der Waals surface area (Å²) in [6.45, 7) is 5.28. The Morgan fingerprint density at radius 3 is 2.65 bits per heavy atom. The Kier molecular flexibility index (Phi) is 6.45. The van der Waals surface area contributed by atoms with Gasteiger partial charge in [-0.3, -0.25) is 4.79 Å². The lowest BCUT2D eigenvalue weighted by Gasteiger charge is -2.39. The highest BCUT2D eigenvalue weighted by atomic mass is 32.1. The van der Waals surface area contributed by atoms with Gasteiger partial charge in [0.05, 0.1) is 0 Å². The molecule has 26 heavy (non-hydrogen) atoms. The van der Waals surface area contributed by atoms with Gasteiger partial charge in [-0.15, -0.1) is 10.2 Å². The Morgan fingerprint density at radius 2 is 1.96 bits per heavy atom. The van der Waals surface area contributed by atoms with Gasteiger partial charge in [0.15, 0.2) is 6.23 Å². The summed E-state index contributed by atoms with van der Waals surface area (Å²) < 4.78 is 5.61. The lowest BCUT2D eigenvalue weighted by atomic mass is 10.1. The summed E-state index contributed by atoms with van der Waals surface area (Å²) in [4.78, 5) is 28.4. The third-order valence-electron chi connectivity index (χ3n) is 4.97. The van der Waals surface area contributed by atoms with E-state index in [1.807, 2.05) is 13.8 Å². The minimum atomic E-state index is -0.584. The van der Waals surface area contributed by atoms with Crippen LogP contribution in [0.5, 0.6) is 0 Å². The molecule has 3 rings (SSSR count). The van der Waals surface area contributed by atoms with Crippen molar-refractivity contribution in [1.29, 1.82) is 0 Å². The zero-order valence-electron chi connectivity index (χ0n) is 15.6. The number of hydrogen-bond acceptors (Lipinski definition) is 6. The molecule has 0 N–H and O–H groups in total. The Hall–Kier alpha value is -1.70. The molecule has 1 atom stereocenters. The molecule has 0 radical (unpaired) electrons. The first-order chi connectivity index (χ1) is 12.6. The lowest BCUT2D eigenvalue weighted by molar-refractivity contribution is -0.149. The summed E-state index contributed by atoms with van der Waals surface area (Å²) in [5, 5.41) is 10.2. The first kappa shape index (κ1) is 19.1. The first-order valence-corrected chi connectivity index (χ1v) is 10.6. The van der Waals surface area contributed by atoms with Crippen LogP contribution in [-0.2, 0) is 9.53 Å². The summed E-state index contributed by atoms with van der Waals surface area (Å²) in [6, 6.07) is -0.137. The van der Waals surface area contributed by atoms with E-state index in [2.05, 4.69) is 10.2 Å². The van der Waals surface area contributed by atoms with Crippen LogP contribution in [0.15, 0.2) is 0 Å². The van der Waals surface area contributed by atoms with Crippen LogP contribution >= 0.6 is 11.3 Å². The second kappa shape index (κ2) is 8.79. The number of rotatable bonds is 7. The van der Waals surface area contributed by atoms with Crippen molar-refractivity contribution in [3.05, 3.63) is 5.01 Å². The maximum atomic E-state index is 13.0.